The van der Waals surface area contributed by atoms with E-state index in [4.69, 9.17) is 9.47 Å². The van der Waals surface area contributed by atoms with E-state index in [-0.39, 0.29) is 11.4 Å². The molecule has 0 aliphatic heterocycles. The number of methoxy groups -OCH3 is 2. The van der Waals surface area contributed by atoms with Gasteiger partial charge in [0.1, 0.15) is 5.69 Å². The van der Waals surface area contributed by atoms with Crippen molar-refractivity contribution < 1.29 is 19.2 Å². The van der Waals surface area contributed by atoms with Gasteiger partial charge in [0.2, 0.25) is 0 Å². The lowest BCUT2D eigenvalue weighted by molar-refractivity contribution is -0.383. The fourth-order valence-corrected chi connectivity index (χ4v) is 2.86. The normalized spacial score (nSPS) is 10.2. The van der Waals surface area contributed by atoms with Gasteiger partial charge in [0.15, 0.2) is 11.5 Å². The predicted octanol–water partition coefficient (Wildman–Crippen LogP) is 4.48. The number of nitro benzene ring substituents is 1. The number of para-hydroxylation sites is 2. The highest BCUT2D eigenvalue weighted by Gasteiger charge is 2.15. The Morgan fingerprint density at radius 1 is 0.967 bits per heavy atom. The molecule has 3 aromatic rings. The number of amides is 1. The molecular weight excluding hydrogens is 386 g/mol. The molecule has 30 heavy (non-hydrogen) atoms. The van der Waals surface area contributed by atoms with E-state index in [9.17, 15) is 14.9 Å². The fraction of sp³-hybridized carbons (Fsp3) is 0.136. The number of carbonyl (C=O) groups excluding carboxylic acids is 1. The highest BCUT2D eigenvalue weighted by molar-refractivity contribution is 6.05. The maximum absolute atomic E-state index is 12.4. The first-order valence-electron chi connectivity index (χ1n) is 9.11. The van der Waals surface area contributed by atoms with Crippen LogP contribution in [-0.4, -0.2) is 25.1 Å². The monoisotopic (exact) mass is 407 g/mol. The second-order valence-corrected chi connectivity index (χ2v) is 6.35. The van der Waals surface area contributed by atoms with Crippen molar-refractivity contribution in [3.63, 3.8) is 0 Å². The minimum atomic E-state index is -0.529. The number of hydrogen-bond acceptors (Lipinski definition) is 6. The lowest BCUT2D eigenvalue weighted by Crippen LogP contribution is -2.13. The average molecular weight is 407 g/mol. The highest BCUT2D eigenvalue weighted by Crippen LogP contribution is 2.30. The second-order valence-electron chi connectivity index (χ2n) is 6.35. The summed E-state index contributed by atoms with van der Waals surface area (Å²) in [7, 11) is 3.16. The topological polar surface area (TPSA) is 103 Å². The molecule has 1 amide bonds. The Morgan fingerprint density at radius 3 is 2.33 bits per heavy atom. The van der Waals surface area contributed by atoms with Gasteiger partial charge in [0.25, 0.3) is 11.6 Å². The smallest absolute Gasteiger partial charge is 0.292 e. The molecule has 0 fully saturated rings. The number of nitrogens with one attached hydrogen (secondary N) is 2. The third kappa shape index (κ3) is 4.85. The Kier molecular flexibility index (Phi) is 6.49. The van der Waals surface area contributed by atoms with Crippen LogP contribution < -0.4 is 20.1 Å². The van der Waals surface area contributed by atoms with Crippen molar-refractivity contribution in [2.24, 2.45) is 0 Å². The molecule has 3 aromatic carbocycles. The Balaban J connectivity index is 1.64. The summed E-state index contributed by atoms with van der Waals surface area (Å²) < 4.78 is 10.5. The Hall–Kier alpha value is -4.07. The van der Waals surface area contributed by atoms with Gasteiger partial charge in [-0.3, -0.25) is 14.9 Å². The first-order valence-corrected chi connectivity index (χ1v) is 9.11. The Bertz CT molecular complexity index is 1050. The molecule has 0 spiro atoms. The number of carbonyl (C=O) groups is 1. The van der Waals surface area contributed by atoms with Crippen LogP contribution in [0.4, 0.5) is 17.1 Å². The van der Waals surface area contributed by atoms with Crippen LogP contribution in [0.25, 0.3) is 0 Å². The van der Waals surface area contributed by atoms with E-state index in [1.807, 2.05) is 30.3 Å². The molecule has 0 aliphatic carbocycles. The van der Waals surface area contributed by atoms with E-state index in [2.05, 4.69) is 10.6 Å². The van der Waals surface area contributed by atoms with E-state index < -0.39 is 10.8 Å². The van der Waals surface area contributed by atoms with Crippen molar-refractivity contribution in [3.05, 3.63) is 88.0 Å². The van der Waals surface area contributed by atoms with Gasteiger partial charge in [-0.1, -0.05) is 24.3 Å². The number of rotatable bonds is 8. The van der Waals surface area contributed by atoms with Crippen LogP contribution in [0.5, 0.6) is 11.5 Å². The van der Waals surface area contributed by atoms with E-state index in [1.165, 1.54) is 12.1 Å². The number of benzene rings is 3. The number of nitro groups is 1. The summed E-state index contributed by atoms with van der Waals surface area (Å²) in [6.07, 6.45) is 0. The van der Waals surface area contributed by atoms with Gasteiger partial charge in [0.05, 0.1) is 19.1 Å². The zero-order valence-electron chi connectivity index (χ0n) is 16.5. The van der Waals surface area contributed by atoms with Crippen LogP contribution in [0.3, 0.4) is 0 Å². The fourth-order valence-electron chi connectivity index (χ4n) is 2.86. The van der Waals surface area contributed by atoms with Gasteiger partial charge < -0.3 is 20.1 Å². The minimum absolute atomic E-state index is 0.151. The molecule has 0 atom stereocenters. The van der Waals surface area contributed by atoms with Crippen molar-refractivity contribution in [2.45, 2.75) is 6.54 Å². The van der Waals surface area contributed by atoms with Gasteiger partial charge in [-0.25, -0.2) is 0 Å². The molecule has 0 saturated carbocycles. The van der Waals surface area contributed by atoms with Crippen LogP contribution in [-0.2, 0) is 6.54 Å². The van der Waals surface area contributed by atoms with Gasteiger partial charge in [-0.2, -0.15) is 0 Å². The quantitative estimate of drug-likeness (QED) is 0.422. The average Bonchev–Trinajstić information content (AvgIpc) is 2.78. The lowest BCUT2D eigenvalue weighted by Gasteiger charge is -2.11. The van der Waals surface area contributed by atoms with E-state index in [1.54, 1.807) is 38.5 Å². The van der Waals surface area contributed by atoms with Gasteiger partial charge in [-0.05, 0) is 35.9 Å². The second kappa shape index (κ2) is 9.42. The van der Waals surface area contributed by atoms with Crippen molar-refractivity contribution in [2.75, 3.05) is 24.9 Å². The van der Waals surface area contributed by atoms with Crippen LogP contribution >= 0.6 is 0 Å². The summed E-state index contributed by atoms with van der Waals surface area (Å²) in [5.41, 5.74) is 2.24. The first kappa shape index (κ1) is 20.7. The molecule has 0 radical (unpaired) electrons. The number of ether oxygens (including phenoxy) is 2. The van der Waals surface area contributed by atoms with Crippen molar-refractivity contribution in [1.82, 2.24) is 0 Å². The SMILES string of the molecule is COc1ccc(NCc2ccc(C(=O)Nc3ccccc3[N+](=O)[O-])cc2)cc1OC. The molecule has 2 N–H and O–H groups in total. The molecule has 0 unspecified atom stereocenters. The molecule has 0 aromatic heterocycles. The molecular formula is C22H21N3O5. The van der Waals surface area contributed by atoms with Crippen molar-refractivity contribution in [3.8, 4) is 11.5 Å². The summed E-state index contributed by atoms with van der Waals surface area (Å²) in [6.45, 7) is 0.543. The van der Waals surface area contributed by atoms with E-state index in [0.29, 0.717) is 23.6 Å². The van der Waals surface area contributed by atoms with Crippen LogP contribution in [0.15, 0.2) is 66.7 Å². The summed E-state index contributed by atoms with van der Waals surface area (Å²) in [5, 5.41) is 17.0. The number of anilines is 2. The van der Waals surface area contributed by atoms with E-state index >= 15 is 0 Å². The summed E-state index contributed by atoms with van der Waals surface area (Å²) in [4.78, 5) is 23.0. The standard InChI is InChI=1S/C22H21N3O5/c1-29-20-12-11-17(13-21(20)30-2)23-14-15-7-9-16(10-8-15)22(26)24-18-5-3-4-6-19(18)25(27)28/h3-13,23H,14H2,1-2H3,(H,24,26). The maximum Gasteiger partial charge on any atom is 0.292 e. The summed E-state index contributed by atoms with van der Waals surface area (Å²) in [5.74, 6) is 0.866. The summed E-state index contributed by atoms with van der Waals surface area (Å²) >= 11 is 0. The molecule has 0 heterocycles. The Morgan fingerprint density at radius 2 is 1.67 bits per heavy atom. The largest absolute Gasteiger partial charge is 0.493 e. The molecule has 8 nitrogen and oxygen atoms in total. The molecule has 154 valence electrons. The van der Waals surface area contributed by atoms with Crippen LogP contribution in [0.2, 0.25) is 0 Å². The first-order chi connectivity index (χ1) is 14.5. The van der Waals surface area contributed by atoms with Gasteiger partial charge in [-0.15, -0.1) is 0 Å². The maximum atomic E-state index is 12.4. The van der Waals surface area contributed by atoms with E-state index in [0.717, 1.165) is 11.3 Å². The molecule has 8 heteroatoms. The molecule has 3 rings (SSSR count). The third-order valence-electron chi connectivity index (χ3n) is 4.45. The van der Waals surface area contributed by atoms with Crippen LogP contribution in [0, 0.1) is 10.1 Å². The highest BCUT2D eigenvalue weighted by atomic mass is 16.6. The Labute approximate surface area is 173 Å². The number of nitrogens with zero attached hydrogens (tertiary/aromatic N) is 1. The minimum Gasteiger partial charge on any atom is -0.493 e. The zero-order chi connectivity index (χ0) is 21.5. The molecule has 0 bridgehead atoms. The van der Waals surface area contributed by atoms with Crippen LogP contribution in [0.1, 0.15) is 15.9 Å². The molecule has 0 aliphatic rings. The number of hydrogen-bond donors (Lipinski definition) is 2. The van der Waals surface area contributed by atoms with Crippen molar-refractivity contribution >= 4 is 23.0 Å². The lowest BCUT2D eigenvalue weighted by atomic mass is 10.1. The zero-order valence-corrected chi connectivity index (χ0v) is 16.5. The van der Waals surface area contributed by atoms with Crippen molar-refractivity contribution in [1.29, 1.82) is 0 Å². The predicted molar refractivity (Wildman–Crippen MR) is 114 cm³/mol. The summed E-state index contributed by atoms with van der Waals surface area (Å²) in [6, 6.07) is 18.6. The molecule has 0 saturated heterocycles. The van der Waals surface area contributed by atoms with Gasteiger partial charge in [0, 0.05) is 29.9 Å². The van der Waals surface area contributed by atoms with Gasteiger partial charge >= 0.3 is 0 Å². The third-order valence-corrected chi connectivity index (χ3v) is 4.45.